The summed E-state index contributed by atoms with van der Waals surface area (Å²) in [5, 5.41) is 11.5. The van der Waals surface area contributed by atoms with Crippen molar-refractivity contribution in [3.8, 4) is 0 Å². The molecule has 1 saturated carbocycles. The maximum atomic E-state index is 5.70. The standard InChI is InChI=1S/C13H20N4S/c1-3-9-4-5-11(8(9)2)16-13-10(12(14)18)6-7-15-17-13/h6-9,11H,3-5H2,1-2H3,(H2,14,18)(H,16,17). The van der Waals surface area contributed by atoms with E-state index in [1.807, 2.05) is 6.07 Å². The number of aromatic nitrogens is 2. The summed E-state index contributed by atoms with van der Waals surface area (Å²) in [7, 11) is 0. The van der Waals surface area contributed by atoms with Gasteiger partial charge in [0.2, 0.25) is 0 Å². The van der Waals surface area contributed by atoms with Crippen LogP contribution in [0.2, 0.25) is 0 Å². The van der Waals surface area contributed by atoms with Gasteiger partial charge in [0.15, 0.2) is 5.82 Å². The van der Waals surface area contributed by atoms with E-state index < -0.39 is 0 Å². The number of hydrogen-bond donors (Lipinski definition) is 2. The Labute approximate surface area is 113 Å². The number of nitrogens with one attached hydrogen (secondary N) is 1. The lowest BCUT2D eigenvalue weighted by molar-refractivity contribution is 0.391. The highest BCUT2D eigenvalue weighted by Crippen LogP contribution is 2.35. The molecule has 0 spiro atoms. The molecule has 1 aromatic heterocycles. The Morgan fingerprint density at radius 1 is 1.56 bits per heavy atom. The third kappa shape index (κ3) is 2.61. The van der Waals surface area contributed by atoms with E-state index in [0.717, 1.165) is 17.3 Å². The van der Waals surface area contributed by atoms with Crippen LogP contribution in [0, 0.1) is 11.8 Å². The summed E-state index contributed by atoms with van der Waals surface area (Å²) in [4.78, 5) is 0.366. The monoisotopic (exact) mass is 264 g/mol. The van der Waals surface area contributed by atoms with Crippen LogP contribution < -0.4 is 11.1 Å². The van der Waals surface area contributed by atoms with Crippen LogP contribution in [0.1, 0.15) is 38.7 Å². The molecule has 0 radical (unpaired) electrons. The lowest BCUT2D eigenvalue weighted by atomic mass is 9.93. The van der Waals surface area contributed by atoms with Crippen molar-refractivity contribution >= 4 is 23.0 Å². The second-order valence-electron chi connectivity index (χ2n) is 5.01. The summed E-state index contributed by atoms with van der Waals surface area (Å²) in [6, 6.07) is 2.26. The topological polar surface area (TPSA) is 63.8 Å². The van der Waals surface area contributed by atoms with Crippen LogP contribution in [-0.4, -0.2) is 21.2 Å². The van der Waals surface area contributed by atoms with E-state index >= 15 is 0 Å². The molecule has 4 nitrogen and oxygen atoms in total. The molecule has 2 rings (SSSR count). The first-order valence-corrected chi connectivity index (χ1v) is 6.92. The third-order valence-corrected chi connectivity index (χ3v) is 4.28. The van der Waals surface area contributed by atoms with Crippen molar-refractivity contribution in [1.82, 2.24) is 10.2 Å². The smallest absolute Gasteiger partial charge is 0.159 e. The zero-order valence-corrected chi connectivity index (χ0v) is 11.7. The Kier molecular flexibility index (Phi) is 4.11. The Balaban J connectivity index is 2.13. The van der Waals surface area contributed by atoms with E-state index in [0.29, 0.717) is 16.9 Å². The van der Waals surface area contributed by atoms with E-state index in [1.54, 1.807) is 6.20 Å². The van der Waals surface area contributed by atoms with Gasteiger partial charge in [-0.25, -0.2) is 0 Å². The molecule has 1 aliphatic carbocycles. The summed E-state index contributed by atoms with van der Waals surface area (Å²) < 4.78 is 0. The average molecular weight is 264 g/mol. The minimum Gasteiger partial charge on any atom is -0.389 e. The third-order valence-electron chi connectivity index (χ3n) is 4.06. The quantitative estimate of drug-likeness (QED) is 0.817. The molecule has 0 amide bonds. The van der Waals surface area contributed by atoms with Gasteiger partial charge in [-0.05, 0) is 30.7 Å². The molecule has 1 fully saturated rings. The molecule has 98 valence electrons. The summed E-state index contributed by atoms with van der Waals surface area (Å²) >= 11 is 5.04. The van der Waals surface area contributed by atoms with Crippen molar-refractivity contribution in [3.63, 3.8) is 0 Å². The first kappa shape index (κ1) is 13.2. The minimum absolute atomic E-state index is 0.366. The second-order valence-corrected chi connectivity index (χ2v) is 5.45. The molecule has 0 aromatic carbocycles. The average Bonchev–Trinajstić information content (AvgIpc) is 2.71. The molecular formula is C13H20N4S. The molecule has 1 aliphatic rings. The zero-order chi connectivity index (χ0) is 13.1. The van der Waals surface area contributed by atoms with Gasteiger partial charge in [0.05, 0.1) is 11.8 Å². The van der Waals surface area contributed by atoms with Gasteiger partial charge in [-0.3, -0.25) is 0 Å². The lowest BCUT2D eigenvalue weighted by Crippen LogP contribution is -2.27. The van der Waals surface area contributed by atoms with Crippen LogP contribution in [0.25, 0.3) is 0 Å². The molecule has 1 aromatic rings. The highest BCUT2D eigenvalue weighted by Gasteiger charge is 2.32. The fourth-order valence-corrected chi connectivity index (χ4v) is 3.00. The van der Waals surface area contributed by atoms with Crippen LogP contribution in [0.3, 0.4) is 0 Å². The lowest BCUT2D eigenvalue weighted by Gasteiger charge is -2.22. The van der Waals surface area contributed by atoms with Crippen molar-refractivity contribution in [2.45, 2.75) is 39.2 Å². The number of anilines is 1. The summed E-state index contributed by atoms with van der Waals surface area (Å²) in [5.74, 6) is 2.17. The summed E-state index contributed by atoms with van der Waals surface area (Å²) in [6.45, 7) is 4.56. The number of nitrogens with zero attached hydrogens (tertiary/aromatic N) is 2. The highest BCUT2D eigenvalue weighted by molar-refractivity contribution is 7.80. The predicted molar refractivity (Wildman–Crippen MR) is 77.5 cm³/mol. The van der Waals surface area contributed by atoms with Crippen LogP contribution in [-0.2, 0) is 0 Å². The van der Waals surface area contributed by atoms with Crippen LogP contribution in [0.5, 0.6) is 0 Å². The van der Waals surface area contributed by atoms with Gasteiger partial charge in [0, 0.05) is 6.04 Å². The normalized spacial score (nSPS) is 27.1. The number of nitrogens with two attached hydrogens (primary N) is 1. The van der Waals surface area contributed by atoms with Gasteiger partial charge in [0.1, 0.15) is 4.99 Å². The van der Waals surface area contributed by atoms with Crippen molar-refractivity contribution in [1.29, 1.82) is 0 Å². The molecule has 1 heterocycles. The molecule has 3 N–H and O–H groups in total. The molecule has 0 bridgehead atoms. The number of hydrogen-bond acceptors (Lipinski definition) is 4. The summed E-state index contributed by atoms with van der Waals surface area (Å²) in [5.41, 5.74) is 6.48. The molecule has 0 saturated heterocycles. The molecular weight excluding hydrogens is 244 g/mol. The molecule has 5 heteroatoms. The molecule has 18 heavy (non-hydrogen) atoms. The second kappa shape index (κ2) is 5.61. The number of rotatable bonds is 4. The van der Waals surface area contributed by atoms with Crippen LogP contribution in [0.4, 0.5) is 5.82 Å². The Morgan fingerprint density at radius 2 is 2.33 bits per heavy atom. The van der Waals surface area contributed by atoms with Crippen LogP contribution >= 0.6 is 12.2 Å². The van der Waals surface area contributed by atoms with Gasteiger partial charge >= 0.3 is 0 Å². The Bertz CT molecular complexity index is 435. The maximum Gasteiger partial charge on any atom is 0.159 e. The fraction of sp³-hybridized carbons (Fsp3) is 0.615. The van der Waals surface area contributed by atoms with Crippen molar-refractivity contribution in [2.75, 3.05) is 5.32 Å². The molecule has 0 aliphatic heterocycles. The van der Waals surface area contributed by atoms with E-state index in [-0.39, 0.29) is 0 Å². The molecule has 3 atom stereocenters. The summed E-state index contributed by atoms with van der Waals surface area (Å²) in [6.07, 6.45) is 5.31. The highest BCUT2D eigenvalue weighted by atomic mass is 32.1. The van der Waals surface area contributed by atoms with E-state index in [1.165, 1.54) is 19.3 Å². The zero-order valence-electron chi connectivity index (χ0n) is 10.9. The SMILES string of the molecule is CCC1CCC(Nc2nnccc2C(N)=S)C1C. The Morgan fingerprint density at radius 3 is 2.94 bits per heavy atom. The van der Waals surface area contributed by atoms with Gasteiger partial charge in [-0.2, -0.15) is 5.10 Å². The van der Waals surface area contributed by atoms with E-state index in [9.17, 15) is 0 Å². The van der Waals surface area contributed by atoms with Gasteiger partial charge < -0.3 is 11.1 Å². The van der Waals surface area contributed by atoms with E-state index in [2.05, 4.69) is 29.4 Å². The predicted octanol–water partition coefficient (Wildman–Crippen LogP) is 2.35. The van der Waals surface area contributed by atoms with Gasteiger partial charge in [-0.15, -0.1) is 5.10 Å². The minimum atomic E-state index is 0.366. The number of thiocarbonyl (C=S) groups is 1. The largest absolute Gasteiger partial charge is 0.389 e. The molecule has 3 unspecified atom stereocenters. The van der Waals surface area contributed by atoms with Gasteiger partial charge in [0.25, 0.3) is 0 Å². The Hall–Kier alpha value is -1.23. The van der Waals surface area contributed by atoms with Crippen molar-refractivity contribution in [2.24, 2.45) is 17.6 Å². The first-order valence-electron chi connectivity index (χ1n) is 6.51. The fourth-order valence-electron chi connectivity index (χ4n) is 2.84. The maximum absolute atomic E-state index is 5.70. The van der Waals surface area contributed by atoms with Gasteiger partial charge in [-0.1, -0.05) is 32.5 Å². The van der Waals surface area contributed by atoms with Crippen molar-refractivity contribution < 1.29 is 0 Å². The van der Waals surface area contributed by atoms with E-state index in [4.69, 9.17) is 18.0 Å². The van der Waals surface area contributed by atoms with Crippen LogP contribution in [0.15, 0.2) is 12.3 Å². The first-order chi connectivity index (χ1) is 8.63. The van der Waals surface area contributed by atoms with Crippen molar-refractivity contribution in [3.05, 3.63) is 17.8 Å².